The molecular formula is C19H17ClFN3O4. The highest BCUT2D eigenvalue weighted by atomic mass is 35.5. The van der Waals surface area contributed by atoms with Crippen LogP contribution in [0.25, 0.3) is 11.1 Å². The van der Waals surface area contributed by atoms with Gasteiger partial charge < -0.3 is 15.1 Å². The molecule has 0 aliphatic carbocycles. The van der Waals surface area contributed by atoms with Crippen molar-refractivity contribution in [1.29, 1.82) is 0 Å². The molecular weight excluding hydrogens is 389 g/mol. The number of carbonyl (C=O) groups excluding carboxylic acids is 1. The zero-order valence-corrected chi connectivity index (χ0v) is 15.5. The van der Waals surface area contributed by atoms with Crippen LogP contribution in [0.2, 0.25) is 5.02 Å². The molecule has 7 nitrogen and oxygen atoms in total. The number of nitrogens with one attached hydrogen (secondary N) is 1. The zero-order chi connectivity index (χ0) is 20.7. The molecule has 3 rings (SSSR count). The fourth-order valence-corrected chi connectivity index (χ4v) is 2.67. The van der Waals surface area contributed by atoms with Gasteiger partial charge in [0.1, 0.15) is 11.6 Å². The van der Waals surface area contributed by atoms with E-state index in [1.807, 2.05) is 0 Å². The molecule has 3 aromatic rings. The van der Waals surface area contributed by atoms with E-state index >= 15 is 0 Å². The van der Waals surface area contributed by atoms with E-state index in [-0.39, 0.29) is 28.7 Å². The van der Waals surface area contributed by atoms with E-state index in [0.717, 1.165) is 5.69 Å². The van der Waals surface area contributed by atoms with Crippen LogP contribution in [0.5, 0.6) is 5.75 Å². The molecule has 0 radical (unpaired) electrons. The van der Waals surface area contributed by atoms with E-state index in [0.29, 0.717) is 17.7 Å². The minimum absolute atomic E-state index is 0.0580. The van der Waals surface area contributed by atoms with Crippen molar-refractivity contribution in [1.82, 2.24) is 15.1 Å². The predicted octanol–water partition coefficient (Wildman–Crippen LogP) is 3.55. The first-order valence-corrected chi connectivity index (χ1v) is 8.34. The van der Waals surface area contributed by atoms with Crippen molar-refractivity contribution in [2.75, 3.05) is 7.05 Å². The quantitative estimate of drug-likeness (QED) is 0.575. The Hall–Kier alpha value is -3.39. The maximum absolute atomic E-state index is 14.0. The molecule has 0 saturated carbocycles. The van der Waals surface area contributed by atoms with Gasteiger partial charge in [0, 0.05) is 18.8 Å². The average Bonchev–Trinajstić information content (AvgIpc) is 3.16. The average molecular weight is 406 g/mol. The summed E-state index contributed by atoms with van der Waals surface area (Å²) < 4.78 is 14.0. The van der Waals surface area contributed by atoms with Gasteiger partial charge in [0.2, 0.25) is 0 Å². The summed E-state index contributed by atoms with van der Waals surface area (Å²) in [5.74, 6) is -0.905. The second kappa shape index (κ2) is 9.52. The molecule has 28 heavy (non-hydrogen) atoms. The summed E-state index contributed by atoms with van der Waals surface area (Å²) in [6, 6.07) is 10.4. The summed E-state index contributed by atoms with van der Waals surface area (Å²) in [6.07, 6.45) is 1.60. The molecule has 1 heterocycles. The third-order valence-electron chi connectivity index (χ3n) is 3.74. The van der Waals surface area contributed by atoms with E-state index in [4.69, 9.17) is 21.5 Å². The number of phenols is 1. The van der Waals surface area contributed by atoms with Crippen LogP contribution in [0.1, 0.15) is 16.1 Å². The number of rotatable bonds is 4. The van der Waals surface area contributed by atoms with Gasteiger partial charge in [0.15, 0.2) is 0 Å². The minimum Gasteiger partial charge on any atom is -0.506 e. The Morgan fingerprint density at radius 3 is 2.57 bits per heavy atom. The van der Waals surface area contributed by atoms with Crippen LogP contribution >= 0.6 is 11.6 Å². The molecule has 0 spiro atoms. The van der Waals surface area contributed by atoms with Crippen LogP contribution in [0.15, 0.2) is 48.7 Å². The van der Waals surface area contributed by atoms with Gasteiger partial charge in [-0.1, -0.05) is 17.7 Å². The van der Waals surface area contributed by atoms with E-state index in [1.54, 1.807) is 31.4 Å². The number of H-pyrrole nitrogens is 1. The molecule has 0 aliphatic rings. The summed E-state index contributed by atoms with van der Waals surface area (Å²) in [5.41, 5.74) is 2.10. The molecule has 3 N–H and O–H groups in total. The van der Waals surface area contributed by atoms with Crippen LogP contribution < -0.4 is 0 Å². The fourth-order valence-electron chi connectivity index (χ4n) is 2.49. The minimum atomic E-state index is -0.528. The van der Waals surface area contributed by atoms with Crippen LogP contribution in [-0.4, -0.2) is 44.7 Å². The Morgan fingerprint density at radius 1 is 1.25 bits per heavy atom. The third kappa shape index (κ3) is 5.31. The molecule has 1 aromatic heterocycles. The van der Waals surface area contributed by atoms with E-state index in [2.05, 4.69) is 10.2 Å². The molecule has 2 aromatic carbocycles. The van der Waals surface area contributed by atoms with Crippen LogP contribution in [-0.2, 0) is 11.3 Å². The lowest BCUT2D eigenvalue weighted by molar-refractivity contribution is -0.122. The molecule has 0 unspecified atom stereocenters. The number of carbonyl (C=O) groups is 2. The summed E-state index contributed by atoms with van der Waals surface area (Å²) >= 11 is 5.91. The van der Waals surface area contributed by atoms with Crippen molar-refractivity contribution in [2.24, 2.45) is 0 Å². The van der Waals surface area contributed by atoms with E-state index < -0.39 is 5.82 Å². The zero-order valence-electron chi connectivity index (χ0n) is 14.8. The number of hydrogen-bond acceptors (Lipinski definition) is 4. The second-order valence-corrected chi connectivity index (χ2v) is 6.15. The van der Waals surface area contributed by atoms with Crippen LogP contribution in [0.3, 0.4) is 0 Å². The molecule has 0 saturated heterocycles. The Labute approximate surface area is 165 Å². The molecule has 9 heteroatoms. The number of carboxylic acid groups (broad SMARTS) is 1. The number of hydrogen-bond donors (Lipinski definition) is 3. The Balaban J connectivity index is 0.000000878. The second-order valence-electron chi connectivity index (χ2n) is 5.74. The molecule has 1 amide bonds. The molecule has 0 atom stereocenters. The standard InChI is InChI=1S/C18H15ClFN3O2.CH2O2/c1-23(10-15-4-5-21-22-15)18(25)13-6-12(7-14(20)8-13)11-2-3-17(24)16(19)9-11;2-1-3/h2-9,24H,10H2,1H3,(H,21,22);1H,(H,2,3). The van der Waals surface area contributed by atoms with Crippen molar-refractivity contribution >= 4 is 24.0 Å². The van der Waals surface area contributed by atoms with Gasteiger partial charge in [-0.3, -0.25) is 14.7 Å². The lowest BCUT2D eigenvalue weighted by Gasteiger charge is -2.17. The predicted molar refractivity (Wildman–Crippen MR) is 102 cm³/mol. The number of benzene rings is 2. The first-order valence-electron chi connectivity index (χ1n) is 7.96. The van der Waals surface area contributed by atoms with Crippen molar-refractivity contribution in [3.63, 3.8) is 0 Å². The lowest BCUT2D eigenvalue weighted by Crippen LogP contribution is -2.26. The third-order valence-corrected chi connectivity index (χ3v) is 4.04. The number of nitrogens with zero attached hydrogens (tertiary/aromatic N) is 2. The molecule has 0 bridgehead atoms. The van der Waals surface area contributed by atoms with Gasteiger partial charge in [-0.2, -0.15) is 5.10 Å². The number of phenolic OH excluding ortho intramolecular Hbond substituents is 1. The van der Waals surface area contributed by atoms with Crippen LogP contribution in [0, 0.1) is 5.82 Å². The maximum atomic E-state index is 14.0. The number of aromatic hydroxyl groups is 1. The van der Waals surface area contributed by atoms with E-state index in [1.165, 1.54) is 29.2 Å². The Morgan fingerprint density at radius 2 is 1.96 bits per heavy atom. The summed E-state index contributed by atoms with van der Waals surface area (Å²) in [4.78, 5) is 22.4. The Kier molecular flexibility index (Phi) is 7.11. The van der Waals surface area contributed by atoms with Gasteiger partial charge in [-0.15, -0.1) is 0 Å². The molecule has 0 aliphatic heterocycles. The monoisotopic (exact) mass is 405 g/mol. The van der Waals surface area contributed by atoms with Crippen molar-refractivity contribution in [3.05, 3.63) is 70.8 Å². The van der Waals surface area contributed by atoms with Gasteiger partial charge in [-0.05, 0) is 47.5 Å². The van der Waals surface area contributed by atoms with Gasteiger partial charge in [0.25, 0.3) is 12.4 Å². The molecule has 0 fully saturated rings. The van der Waals surface area contributed by atoms with Gasteiger partial charge in [0.05, 0.1) is 17.3 Å². The lowest BCUT2D eigenvalue weighted by atomic mass is 10.0. The first-order chi connectivity index (χ1) is 13.3. The summed E-state index contributed by atoms with van der Waals surface area (Å²) in [7, 11) is 1.63. The van der Waals surface area contributed by atoms with Crippen molar-refractivity contribution in [2.45, 2.75) is 6.54 Å². The SMILES string of the molecule is CN(Cc1ccn[nH]1)C(=O)c1cc(F)cc(-c2ccc(O)c(Cl)c2)c1.O=CO. The van der Waals surface area contributed by atoms with Gasteiger partial charge in [-0.25, -0.2) is 4.39 Å². The fraction of sp³-hybridized carbons (Fsp3) is 0.105. The van der Waals surface area contributed by atoms with Crippen molar-refractivity contribution < 1.29 is 24.2 Å². The van der Waals surface area contributed by atoms with E-state index in [9.17, 15) is 14.3 Å². The maximum Gasteiger partial charge on any atom is 0.290 e. The summed E-state index contributed by atoms with van der Waals surface area (Å²) in [5, 5.41) is 23.2. The number of aromatic nitrogens is 2. The highest BCUT2D eigenvalue weighted by Gasteiger charge is 2.15. The van der Waals surface area contributed by atoms with Crippen molar-refractivity contribution in [3.8, 4) is 16.9 Å². The van der Waals surface area contributed by atoms with Crippen LogP contribution in [0.4, 0.5) is 4.39 Å². The summed E-state index contributed by atoms with van der Waals surface area (Å²) in [6.45, 7) is 0.0791. The Bertz CT molecular complexity index is 964. The molecule has 146 valence electrons. The largest absolute Gasteiger partial charge is 0.506 e. The highest BCUT2D eigenvalue weighted by molar-refractivity contribution is 6.32. The number of aromatic amines is 1. The highest BCUT2D eigenvalue weighted by Crippen LogP contribution is 2.30. The topological polar surface area (TPSA) is 107 Å². The van der Waals surface area contributed by atoms with Gasteiger partial charge >= 0.3 is 0 Å². The number of halogens is 2. The normalized spacial score (nSPS) is 9.96. The first kappa shape index (κ1) is 20.9. The smallest absolute Gasteiger partial charge is 0.290 e. The number of amides is 1.